The molecular weight excluding hydrogens is 162 g/mol. The summed E-state index contributed by atoms with van der Waals surface area (Å²) in [6, 6.07) is 0. The van der Waals surface area contributed by atoms with Crippen LogP contribution in [0.25, 0.3) is 0 Å². The van der Waals surface area contributed by atoms with Gasteiger partial charge in [-0.3, -0.25) is 0 Å². The van der Waals surface area contributed by atoms with Gasteiger partial charge < -0.3 is 16.0 Å². The smallest absolute Gasteiger partial charge is 0.0107 e. The summed E-state index contributed by atoms with van der Waals surface area (Å²) in [7, 11) is 0. The Morgan fingerprint density at radius 3 is 2.62 bits per heavy atom. The fourth-order valence-corrected chi connectivity index (χ4v) is 1.58. The van der Waals surface area contributed by atoms with Gasteiger partial charge in [0.05, 0.1) is 0 Å². The van der Waals surface area contributed by atoms with Crippen LogP contribution in [-0.4, -0.2) is 44.2 Å². The summed E-state index contributed by atoms with van der Waals surface area (Å²) >= 11 is 0. The molecular formula is C10H21N3. The zero-order chi connectivity index (χ0) is 9.52. The minimum Gasteiger partial charge on any atom is -0.330 e. The molecule has 0 aromatic heterocycles. The van der Waals surface area contributed by atoms with Gasteiger partial charge in [0, 0.05) is 32.7 Å². The Morgan fingerprint density at radius 1 is 1.31 bits per heavy atom. The summed E-state index contributed by atoms with van der Waals surface area (Å²) in [4.78, 5) is 2.48. The molecule has 1 aliphatic heterocycles. The van der Waals surface area contributed by atoms with Crippen molar-refractivity contribution >= 4 is 0 Å². The van der Waals surface area contributed by atoms with Gasteiger partial charge in [-0.25, -0.2) is 0 Å². The van der Waals surface area contributed by atoms with Gasteiger partial charge in [0.15, 0.2) is 0 Å². The van der Waals surface area contributed by atoms with Gasteiger partial charge in [-0.2, -0.15) is 0 Å². The highest BCUT2D eigenvalue weighted by molar-refractivity contribution is 4.95. The van der Waals surface area contributed by atoms with Gasteiger partial charge >= 0.3 is 0 Å². The highest BCUT2D eigenvalue weighted by Crippen LogP contribution is 2.04. The van der Waals surface area contributed by atoms with Crippen LogP contribution in [0.3, 0.4) is 0 Å². The lowest BCUT2D eigenvalue weighted by atomic mass is 10.1. The number of nitrogens with one attached hydrogen (secondary N) is 1. The number of nitrogens with two attached hydrogens (primary N) is 1. The number of hydrogen-bond acceptors (Lipinski definition) is 3. The maximum atomic E-state index is 5.45. The maximum Gasteiger partial charge on any atom is 0.0107 e. The summed E-state index contributed by atoms with van der Waals surface area (Å²) in [5.74, 6) is 0. The summed E-state index contributed by atoms with van der Waals surface area (Å²) in [5, 5.41) is 3.34. The van der Waals surface area contributed by atoms with E-state index in [4.69, 9.17) is 5.73 Å². The highest BCUT2D eigenvalue weighted by atomic mass is 15.2. The third-order valence-electron chi connectivity index (χ3n) is 2.49. The SMILES string of the molecule is C=C(CCN)CCN1CCNCC1. The molecule has 13 heavy (non-hydrogen) atoms. The molecule has 3 N–H and O–H groups in total. The molecule has 0 aromatic rings. The maximum absolute atomic E-state index is 5.45. The van der Waals surface area contributed by atoms with Crippen molar-refractivity contribution in [2.45, 2.75) is 12.8 Å². The average Bonchev–Trinajstić information content (AvgIpc) is 2.17. The van der Waals surface area contributed by atoms with Gasteiger partial charge in [-0.1, -0.05) is 12.2 Å². The summed E-state index contributed by atoms with van der Waals surface area (Å²) in [6.45, 7) is 10.5. The summed E-state index contributed by atoms with van der Waals surface area (Å²) < 4.78 is 0. The Morgan fingerprint density at radius 2 is 2.00 bits per heavy atom. The number of hydrogen-bond donors (Lipinski definition) is 2. The molecule has 1 heterocycles. The first-order valence-electron chi connectivity index (χ1n) is 5.12. The largest absolute Gasteiger partial charge is 0.330 e. The van der Waals surface area contributed by atoms with Crippen molar-refractivity contribution in [3.8, 4) is 0 Å². The molecule has 1 aliphatic rings. The van der Waals surface area contributed by atoms with Gasteiger partial charge in [0.1, 0.15) is 0 Å². The van der Waals surface area contributed by atoms with E-state index in [1.807, 2.05) is 0 Å². The highest BCUT2D eigenvalue weighted by Gasteiger charge is 2.08. The molecule has 0 bridgehead atoms. The molecule has 0 aliphatic carbocycles. The molecule has 1 saturated heterocycles. The van der Waals surface area contributed by atoms with Crippen LogP contribution in [0.5, 0.6) is 0 Å². The molecule has 76 valence electrons. The van der Waals surface area contributed by atoms with Crippen LogP contribution in [0, 0.1) is 0 Å². The van der Waals surface area contributed by atoms with E-state index in [1.165, 1.54) is 18.7 Å². The molecule has 0 spiro atoms. The predicted molar refractivity (Wildman–Crippen MR) is 56.7 cm³/mol. The fraction of sp³-hybridized carbons (Fsp3) is 0.800. The van der Waals surface area contributed by atoms with E-state index in [0.717, 1.165) is 39.0 Å². The Bertz CT molecular complexity index is 150. The van der Waals surface area contributed by atoms with E-state index < -0.39 is 0 Å². The topological polar surface area (TPSA) is 41.3 Å². The third-order valence-corrected chi connectivity index (χ3v) is 2.49. The first kappa shape index (κ1) is 10.7. The Hall–Kier alpha value is -0.380. The van der Waals surface area contributed by atoms with E-state index in [9.17, 15) is 0 Å². The first-order chi connectivity index (χ1) is 6.33. The molecule has 1 fully saturated rings. The van der Waals surface area contributed by atoms with E-state index in [-0.39, 0.29) is 0 Å². The third kappa shape index (κ3) is 4.41. The normalized spacial score (nSPS) is 18.8. The fourth-order valence-electron chi connectivity index (χ4n) is 1.58. The minimum absolute atomic E-state index is 0.736. The lowest BCUT2D eigenvalue weighted by Gasteiger charge is -2.27. The minimum atomic E-state index is 0.736. The van der Waals surface area contributed by atoms with Crippen molar-refractivity contribution in [2.24, 2.45) is 5.73 Å². The van der Waals surface area contributed by atoms with Crippen LogP contribution in [0.4, 0.5) is 0 Å². The van der Waals surface area contributed by atoms with E-state index in [2.05, 4.69) is 16.8 Å². The Labute approximate surface area is 81.0 Å². The van der Waals surface area contributed by atoms with Crippen molar-refractivity contribution in [1.29, 1.82) is 0 Å². The van der Waals surface area contributed by atoms with Gasteiger partial charge in [-0.05, 0) is 19.4 Å². The zero-order valence-electron chi connectivity index (χ0n) is 8.39. The second-order valence-corrected chi connectivity index (χ2v) is 3.63. The van der Waals surface area contributed by atoms with Crippen LogP contribution in [0.1, 0.15) is 12.8 Å². The zero-order valence-corrected chi connectivity index (χ0v) is 8.39. The molecule has 0 atom stereocenters. The van der Waals surface area contributed by atoms with Crippen LogP contribution in [0.15, 0.2) is 12.2 Å². The molecule has 3 heteroatoms. The average molecular weight is 183 g/mol. The van der Waals surface area contributed by atoms with Gasteiger partial charge in [0.2, 0.25) is 0 Å². The predicted octanol–water partition coefficient (Wildman–Crippen LogP) is 0.187. The number of rotatable bonds is 5. The molecule has 0 radical (unpaired) electrons. The summed E-state index contributed by atoms with van der Waals surface area (Å²) in [5.41, 5.74) is 6.75. The Balaban J connectivity index is 2.06. The van der Waals surface area contributed by atoms with Crippen molar-refractivity contribution in [1.82, 2.24) is 10.2 Å². The lowest BCUT2D eigenvalue weighted by molar-refractivity contribution is 0.243. The van der Waals surface area contributed by atoms with Crippen molar-refractivity contribution in [3.63, 3.8) is 0 Å². The second kappa shape index (κ2) is 6.13. The van der Waals surface area contributed by atoms with Crippen molar-refractivity contribution in [2.75, 3.05) is 39.3 Å². The van der Waals surface area contributed by atoms with Crippen LogP contribution in [0.2, 0.25) is 0 Å². The van der Waals surface area contributed by atoms with Crippen LogP contribution < -0.4 is 11.1 Å². The molecule has 0 amide bonds. The lowest BCUT2D eigenvalue weighted by Crippen LogP contribution is -2.43. The van der Waals surface area contributed by atoms with Crippen LogP contribution in [-0.2, 0) is 0 Å². The van der Waals surface area contributed by atoms with E-state index >= 15 is 0 Å². The van der Waals surface area contributed by atoms with Gasteiger partial charge in [-0.15, -0.1) is 0 Å². The number of piperazine rings is 1. The van der Waals surface area contributed by atoms with Gasteiger partial charge in [0.25, 0.3) is 0 Å². The van der Waals surface area contributed by atoms with Crippen molar-refractivity contribution < 1.29 is 0 Å². The summed E-state index contributed by atoms with van der Waals surface area (Å²) in [6.07, 6.45) is 2.09. The Kier molecular flexibility index (Phi) is 5.05. The molecule has 3 nitrogen and oxygen atoms in total. The van der Waals surface area contributed by atoms with Crippen molar-refractivity contribution in [3.05, 3.63) is 12.2 Å². The van der Waals surface area contributed by atoms with E-state index in [0.29, 0.717) is 0 Å². The van der Waals surface area contributed by atoms with Crippen LogP contribution >= 0.6 is 0 Å². The molecule has 1 rings (SSSR count). The number of nitrogens with zero attached hydrogens (tertiary/aromatic N) is 1. The molecule has 0 unspecified atom stereocenters. The standard InChI is InChI=1S/C10H21N3/c1-10(2-4-11)3-7-13-8-5-12-6-9-13/h12H,1-9,11H2. The first-order valence-corrected chi connectivity index (χ1v) is 5.12. The quantitative estimate of drug-likeness (QED) is 0.598. The van der Waals surface area contributed by atoms with E-state index in [1.54, 1.807) is 0 Å². The second-order valence-electron chi connectivity index (χ2n) is 3.63. The monoisotopic (exact) mass is 183 g/mol. The molecule has 0 saturated carbocycles. The molecule has 0 aromatic carbocycles.